The monoisotopic (exact) mass is 242 g/mol. The lowest BCUT2D eigenvalue weighted by Gasteiger charge is -2.37. The molecule has 2 aliphatic rings. The summed E-state index contributed by atoms with van der Waals surface area (Å²) in [5.74, 6) is 2.03. The number of nitrogens with zero attached hydrogens (tertiary/aromatic N) is 3. The first-order valence-electron chi connectivity index (χ1n) is 6.98. The van der Waals surface area contributed by atoms with Crippen LogP contribution in [0.4, 0.5) is 5.82 Å². The molecule has 4 rings (SSSR count). The third-order valence-electron chi connectivity index (χ3n) is 4.60. The standard InChI is InChI=1S/C14H18N4/c1-3-10(4-1)12-5-2-8-18(12)14-11-6-7-15-13(11)16-9-17-14/h6-7,9-10,12H,1-5,8H2,(H,15,16,17). The predicted octanol–water partition coefficient (Wildman–Crippen LogP) is 2.73. The van der Waals surface area contributed by atoms with Gasteiger partial charge in [-0.15, -0.1) is 0 Å². The van der Waals surface area contributed by atoms with Gasteiger partial charge in [0.15, 0.2) is 0 Å². The van der Waals surface area contributed by atoms with Gasteiger partial charge in [0.05, 0.1) is 5.39 Å². The first-order valence-corrected chi connectivity index (χ1v) is 6.98. The zero-order valence-electron chi connectivity index (χ0n) is 10.5. The van der Waals surface area contributed by atoms with Crippen LogP contribution < -0.4 is 4.90 Å². The summed E-state index contributed by atoms with van der Waals surface area (Å²) in [4.78, 5) is 14.5. The molecule has 4 heteroatoms. The number of aromatic nitrogens is 3. The van der Waals surface area contributed by atoms with Crippen molar-refractivity contribution in [1.29, 1.82) is 0 Å². The molecule has 1 aliphatic carbocycles. The van der Waals surface area contributed by atoms with Gasteiger partial charge in [-0.25, -0.2) is 9.97 Å². The molecule has 94 valence electrons. The van der Waals surface area contributed by atoms with Gasteiger partial charge in [-0.2, -0.15) is 0 Å². The molecule has 2 aromatic rings. The molecular weight excluding hydrogens is 224 g/mol. The fourth-order valence-corrected chi connectivity index (χ4v) is 3.46. The highest BCUT2D eigenvalue weighted by Crippen LogP contribution is 2.39. The van der Waals surface area contributed by atoms with E-state index in [1.165, 1.54) is 37.5 Å². The molecule has 0 bridgehead atoms. The second-order valence-corrected chi connectivity index (χ2v) is 5.53. The minimum atomic E-state index is 0.715. The Kier molecular flexibility index (Phi) is 2.28. The molecule has 2 aromatic heterocycles. The summed E-state index contributed by atoms with van der Waals surface area (Å²) in [7, 11) is 0. The van der Waals surface area contributed by atoms with Crippen LogP contribution in [0.5, 0.6) is 0 Å². The van der Waals surface area contributed by atoms with Crippen LogP contribution in [0.3, 0.4) is 0 Å². The van der Waals surface area contributed by atoms with Crippen molar-refractivity contribution in [3.05, 3.63) is 18.6 Å². The van der Waals surface area contributed by atoms with Crippen LogP contribution in [-0.4, -0.2) is 27.5 Å². The third-order valence-corrected chi connectivity index (χ3v) is 4.60. The molecule has 1 atom stereocenters. The number of fused-ring (bicyclic) bond motifs is 1. The van der Waals surface area contributed by atoms with Crippen LogP contribution in [0.1, 0.15) is 32.1 Å². The van der Waals surface area contributed by atoms with Crippen molar-refractivity contribution in [2.75, 3.05) is 11.4 Å². The van der Waals surface area contributed by atoms with Gasteiger partial charge < -0.3 is 9.88 Å². The highest BCUT2D eigenvalue weighted by Gasteiger charge is 2.36. The largest absolute Gasteiger partial charge is 0.353 e. The van der Waals surface area contributed by atoms with Crippen molar-refractivity contribution in [1.82, 2.24) is 15.0 Å². The third kappa shape index (κ3) is 1.44. The summed E-state index contributed by atoms with van der Waals surface area (Å²) in [6, 6.07) is 2.81. The van der Waals surface area contributed by atoms with Gasteiger partial charge in [0.25, 0.3) is 0 Å². The van der Waals surface area contributed by atoms with Crippen LogP contribution in [0.25, 0.3) is 11.0 Å². The van der Waals surface area contributed by atoms with Gasteiger partial charge in [-0.05, 0) is 37.7 Å². The molecule has 1 saturated carbocycles. The van der Waals surface area contributed by atoms with Crippen LogP contribution >= 0.6 is 0 Å². The first-order chi connectivity index (χ1) is 8.93. The lowest BCUT2D eigenvalue weighted by atomic mass is 9.79. The van der Waals surface area contributed by atoms with Crippen LogP contribution in [-0.2, 0) is 0 Å². The van der Waals surface area contributed by atoms with Crippen molar-refractivity contribution >= 4 is 16.9 Å². The van der Waals surface area contributed by atoms with Crippen LogP contribution in [0.2, 0.25) is 0 Å². The maximum Gasteiger partial charge on any atom is 0.142 e. The van der Waals surface area contributed by atoms with Crippen molar-refractivity contribution < 1.29 is 0 Å². The number of aromatic amines is 1. The molecule has 1 saturated heterocycles. The van der Waals surface area contributed by atoms with Gasteiger partial charge in [-0.1, -0.05) is 6.42 Å². The quantitative estimate of drug-likeness (QED) is 0.880. The van der Waals surface area contributed by atoms with E-state index in [0.717, 1.165) is 23.9 Å². The second-order valence-electron chi connectivity index (χ2n) is 5.53. The van der Waals surface area contributed by atoms with Gasteiger partial charge >= 0.3 is 0 Å². The van der Waals surface area contributed by atoms with Gasteiger partial charge in [0, 0.05) is 18.8 Å². The molecule has 2 fully saturated rings. The minimum Gasteiger partial charge on any atom is -0.353 e. The Hall–Kier alpha value is -1.58. The van der Waals surface area contributed by atoms with Gasteiger partial charge in [0.1, 0.15) is 17.8 Å². The number of anilines is 1. The van der Waals surface area contributed by atoms with Crippen LogP contribution in [0, 0.1) is 5.92 Å². The number of H-pyrrole nitrogens is 1. The Balaban J connectivity index is 1.74. The lowest BCUT2D eigenvalue weighted by Crippen LogP contribution is -2.39. The molecule has 0 spiro atoms. The van der Waals surface area contributed by atoms with E-state index in [1.807, 2.05) is 6.20 Å². The van der Waals surface area contributed by atoms with E-state index < -0.39 is 0 Å². The SMILES string of the molecule is c1nc(N2CCCC2C2CCC2)c2cc[nH]c2n1. The average Bonchev–Trinajstić information content (AvgIpc) is 2.93. The van der Waals surface area contributed by atoms with Crippen molar-refractivity contribution in [2.45, 2.75) is 38.1 Å². The summed E-state index contributed by atoms with van der Waals surface area (Å²) >= 11 is 0. The zero-order valence-corrected chi connectivity index (χ0v) is 10.5. The maximum atomic E-state index is 4.55. The number of hydrogen-bond donors (Lipinski definition) is 1. The van der Waals surface area contributed by atoms with E-state index in [9.17, 15) is 0 Å². The topological polar surface area (TPSA) is 44.8 Å². The maximum absolute atomic E-state index is 4.55. The summed E-state index contributed by atoms with van der Waals surface area (Å²) in [6.07, 6.45) is 10.5. The lowest BCUT2D eigenvalue weighted by molar-refractivity contribution is 0.261. The minimum absolute atomic E-state index is 0.715. The fraction of sp³-hybridized carbons (Fsp3) is 0.571. The van der Waals surface area contributed by atoms with E-state index in [-0.39, 0.29) is 0 Å². The Bertz CT molecular complexity index is 558. The van der Waals surface area contributed by atoms with Gasteiger partial charge in [-0.3, -0.25) is 0 Å². The van der Waals surface area contributed by atoms with Crippen molar-refractivity contribution in [3.8, 4) is 0 Å². The van der Waals surface area contributed by atoms with E-state index >= 15 is 0 Å². The smallest absolute Gasteiger partial charge is 0.142 e. The Morgan fingerprint density at radius 3 is 2.94 bits per heavy atom. The second kappa shape index (κ2) is 3.97. The highest BCUT2D eigenvalue weighted by molar-refractivity contribution is 5.87. The Morgan fingerprint density at radius 1 is 1.17 bits per heavy atom. The normalized spacial score (nSPS) is 24.7. The van der Waals surface area contributed by atoms with Gasteiger partial charge in [0.2, 0.25) is 0 Å². The molecule has 0 amide bonds. The fourth-order valence-electron chi connectivity index (χ4n) is 3.46. The predicted molar refractivity (Wildman–Crippen MR) is 71.6 cm³/mol. The molecule has 0 aromatic carbocycles. The molecule has 0 radical (unpaired) electrons. The van der Waals surface area contributed by atoms with E-state index in [2.05, 4.69) is 25.9 Å². The van der Waals surface area contributed by atoms with E-state index in [0.29, 0.717) is 6.04 Å². The van der Waals surface area contributed by atoms with E-state index in [1.54, 1.807) is 6.33 Å². The molecular formula is C14H18N4. The summed E-state index contributed by atoms with van der Waals surface area (Å²) < 4.78 is 0. The first kappa shape index (κ1) is 10.4. The van der Waals surface area contributed by atoms with Crippen molar-refractivity contribution in [2.24, 2.45) is 5.92 Å². The molecule has 3 heterocycles. The molecule has 1 N–H and O–H groups in total. The Labute approximate surface area is 106 Å². The molecule has 4 nitrogen and oxygen atoms in total. The Morgan fingerprint density at radius 2 is 2.11 bits per heavy atom. The number of rotatable bonds is 2. The molecule has 1 unspecified atom stereocenters. The zero-order chi connectivity index (χ0) is 11.9. The van der Waals surface area contributed by atoms with Crippen molar-refractivity contribution in [3.63, 3.8) is 0 Å². The summed E-state index contributed by atoms with van der Waals surface area (Å²) in [5, 5.41) is 1.17. The molecule has 18 heavy (non-hydrogen) atoms. The summed E-state index contributed by atoms with van der Waals surface area (Å²) in [6.45, 7) is 1.15. The molecule has 1 aliphatic heterocycles. The number of hydrogen-bond acceptors (Lipinski definition) is 3. The summed E-state index contributed by atoms with van der Waals surface area (Å²) in [5.41, 5.74) is 0.958. The highest BCUT2D eigenvalue weighted by atomic mass is 15.2. The van der Waals surface area contributed by atoms with E-state index in [4.69, 9.17) is 0 Å². The number of nitrogens with one attached hydrogen (secondary N) is 1. The van der Waals surface area contributed by atoms with Crippen LogP contribution in [0.15, 0.2) is 18.6 Å². The average molecular weight is 242 g/mol.